The molecular weight excluding hydrogens is 186 g/mol. The summed E-state index contributed by atoms with van der Waals surface area (Å²) in [6.07, 6.45) is 3.96. The van der Waals surface area contributed by atoms with E-state index in [0.717, 1.165) is 40.3 Å². The molecule has 74 valence electrons. The zero-order valence-corrected chi connectivity index (χ0v) is 8.27. The van der Waals surface area contributed by atoms with E-state index in [1.165, 1.54) is 0 Å². The molecule has 2 N–H and O–H groups in total. The van der Waals surface area contributed by atoms with Crippen molar-refractivity contribution in [1.82, 2.24) is 9.97 Å². The van der Waals surface area contributed by atoms with Crippen LogP contribution in [0.1, 0.15) is 12.8 Å². The summed E-state index contributed by atoms with van der Waals surface area (Å²) < 4.78 is 0. The fourth-order valence-corrected chi connectivity index (χ4v) is 1.88. The number of nitrogens with two attached hydrogens (primary N) is 1. The average molecular weight is 197 g/mol. The summed E-state index contributed by atoms with van der Waals surface area (Å²) in [5.41, 5.74) is 8.63. The van der Waals surface area contributed by atoms with Crippen LogP contribution in [0.2, 0.25) is 0 Å². The van der Waals surface area contributed by atoms with Gasteiger partial charge < -0.3 is 5.73 Å². The highest BCUT2D eigenvalue weighted by molar-refractivity contribution is 5.73. The van der Waals surface area contributed by atoms with Gasteiger partial charge in [-0.2, -0.15) is 0 Å². The summed E-state index contributed by atoms with van der Waals surface area (Å²) in [6.45, 7) is 0. The van der Waals surface area contributed by atoms with Gasteiger partial charge >= 0.3 is 0 Å². The summed E-state index contributed by atoms with van der Waals surface area (Å²) in [5, 5.41) is 1.79. The standard InChI is InChI=1S/C12H11N3/c13-8-4-3-7-11-12(8)15-10-6-2-1-5-9(10)14-11/h1-2,5-7H,3-4,13H2. The molecule has 0 bridgehead atoms. The highest BCUT2D eigenvalue weighted by Gasteiger charge is 2.04. The van der Waals surface area contributed by atoms with Crippen molar-refractivity contribution in [3.63, 3.8) is 0 Å². The third kappa shape index (κ3) is 1.28. The maximum Gasteiger partial charge on any atom is 0.108 e. The van der Waals surface area contributed by atoms with Gasteiger partial charge in [0.2, 0.25) is 0 Å². The molecule has 2 aromatic rings. The predicted molar refractivity (Wildman–Crippen MR) is 60.1 cm³/mol. The maximum absolute atomic E-state index is 5.93. The van der Waals surface area contributed by atoms with Crippen molar-refractivity contribution in [2.45, 2.75) is 12.8 Å². The second-order valence-electron chi connectivity index (χ2n) is 3.71. The molecule has 0 atom stereocenters. The smallest absolute Gasteiger partial charge is 0.108 e. The van der Waals surface area contributed by atoms with Crippen LogP contribution in [0.4, 0.5) is 0 Å². The SMILES string of the molecule is NC1=c2nc3ccccc3nc2=CCC1. The Labute approximate surface area is 87.0 Å². The van der Waals surface area contributed by atoms with Crippen molar-refractivity contribution in [3.8, 4) is 0 Å². The molecule has 15 heavy (non-hydrogen) atoms. The van der Waals surface area contributed by atoms with Gasteiger partial charge in [-0.3, -0.25) is 0 Å². The summed E-state index contributed by atoms with van der Waals surface area (Å²) in [4.78, 5) is 9.09. The monoisotopic (exact) mass is 197 g/mol. The zero-order valence-electron chi connectivity index (χ0n) is 8.27. The molecule has 3 rings (SSSR count). The van der Waals surface area contributed by atoms with Crippen molar-refractivity contribution in [3.05, 3.63) is 35.0 Å². The third-order valence-corrected chi connectivity index (χ3v) is 2.65. The van der Waals surface area contributed by atoms with Gasteiger partial charge in [0.15, 0.2) is 0 Å². The fraction of sp³-hybridized carbons (Fsp3) is 0.167. The fourth-order valence-electron chi connectivity index (χ4n) is 1.88. The molecule has 0 spiro atoms. The van der Waals surface area contributed by atoms with Crippen LogP contribution in [0, 0.1) is 0 Å². The number of hydrogen-bond donors (Lipinski definition) is 1. The van der Waals surface area contributed by atoms with Crippen molar-refractivity contribution in [2.75, 3.05) is 0 Å². The molecule has 0 radical (unpaired) electrons. The molecule has 3 heteroatoms. The lowest BCUT2D eigenvalue weighted by Crippen LogP contribution is -2.37. The van der Waals surface area contributed by atoms with Gasteiger partial charge in [0.05, 0.1) is 16.4 Å². The van der Waals surface area contributed by atoms with Crippen molar-refractivity contribution in [1.29, 1.82) is 0 Å². The lowest BCUT2D eigenvalue weighted by Gasteiger charge is -2.05. The molecule has 1 aliphatic rings. The summed E-state index contributed by atoms with van der Waals surface area (Å²) >= 11 is 0. The molecule has 1 aromatic carbocycles. The highest BCUT2D eigenvalue weighted by Crippen LogP contribution is 2.05. The minimum atomic E-state index is 0.853. The first-order valence-electron chi connectivity index (χ1n) is 5.06. The van der Waals surface area contributed by atoms with E-state index >= 15 is 0 Å². The Kier molecular flexibility index (Phi) is 1.71. The molecule has 0 saturated heterocycles. The summed E-state index contributed by atoms with van der Waals surface area (Å²) in [7, 11) is 0. The zero-order chi connectivity index (χ0) is 10.3. The van der Waals surface area contributed by atoms with E-state index in [4.69, 9.17) is 5.73 Å². The molecule has 0 amide bonds. The molecule has 3 nitrogen and oxygen atoms in total. The Hall–Kier alpha value is -1.90. The van der Waals surface area contributed by atoms with Crippen LogP contribution in [-0.2, 0) is 0 Å². The number of rotatable bonds is 0. The second kappa shape index (κ2) is 3.05. The van der Waals surface area contributed by atoms with Crippen LogP contribution in [-0.4, -0.2) is 9.97 Å². The van der Waals surface area contributed by atoms with Crippen LogP contribution < -0.4 is 16.4 Å². The molecule has 0 unspecified atom stereocenters. The van der Waals surface area contributed by atoms with Crippen molar-refractivity contribution < 1.29 is 0 Å². The number of hydrogen-bond acceptors (Lipinski definition) is 3. The van der Waals surface area contributed by atoms with E-state index in [2.05, 4.69) is 16.0 Å². The Morgan fingerprint density at radius 2 is 1.80 bits per heavy atom. The summed E-state index contributed by atoms with van der Waals surface area (Å²) in [5.74, 6) is 0. The Balaban J connectivity index is 2.54. The molecule has 1 aliphatic carbocycles. The van der Waals surface area contributed by atoms with Crippen LogP contribution in [0.15, 0.2) is 24.3 Å². The van der Waals surface area contributed by atoms with E-state index in [9.17, 15) is 0 Å². The van der Waals surface area contributed by atoms with Gasteiger partial charge in [0, 0.05) is 5.70 Å². The van der Waals surface area contributed by atoms with E-state index in [1.54, 1.807) is 0 Å². The van der Waals surface area contributed by atoms with Crippen LogP contribution in [0.25, 0.3) is 22.8 Å². The number of fused-ring (bicyclic) bond motifs is 2. The van der Waals surface area contributed by atoms with Gasteiger partial charge in [-0.1, -0.05) is 18.2 Å². The lowest BCUT2D eigenvalue weighted by molar-refractivity contribution is 0.999. The van der Waals surface area contributed by atoms with Crippen LogP contribution in [0.5, 0.6) is 0 Å². The summed E-state index contributed by atoms with van der Waals surface area (Å²) in [6, 6.07) is 7.87. The molecule has 0 fully saturated rings. The molecule has 0 aliphatic heterocycles. The first kappa shape index (κ1) is 8.41. The first-order valence-corrected chi connectivity index (χ1v) is 5.06. The van der Waals surface area contributed by atoms with Crippen LogP contribution in [0.3, 0.4) is 0 Å². The topological polar surface area (TPSA) is 51.8 Å². The quantitative estimate of drug-likeness (QED) is 0.659. The molecule has 1 aromatic heterocycles. The Morgan fingerprint density at radius 3 is 2.60 bits per heavy atom. The molecule has 0 saturated carbocycles. The van der Waals surface area contributed by atoms with E-state index < -0.39 is 0 Å². The van der Waals surface area contributed by atoms with Crippen LogP contribution >= 0.6 is 0 Å². The van der Waals surface area contributed by atoms with Gasteiger partial charge in [0.25, 0.3) is 0 Å². The Morgan fingerprint density at radius 1 is 1.07 bits per heavy atom. The van der Waals surface area contributed by atoms with E-state index in [0.29, 0.717) is 0 Å². The van der Waals surface area contributed by atoms with Crippen molar-refractivity contribution >= 4 is 22.8 Å². The average Bonchev–Trinajstić information content (AvgIpc) is 2.27. The van der Waals surface area contributed by atoms with E-state index in [-0.39, 0.29) is 0 Å². The van der Waals surface area contributed by atoms with Gasteiger partial charge in [-0.25, -0.2) is 9.97 Å². The number of nitrogens with zero attached hydrogens (tertiary/aromatic N) is 2. The largest absolute Gasteiger partial charge is 0.400 e. The highest BCUT2D eigenvalue weighted by atomic mass is 14.8. The first-order chi connectivity index (χ1) is 7.34. The minimum absolute atomic E-state index is 0.853. The third-order valence-electron chi connectivity index (χ3n) is 2.65. The van der Waals surface area contributed by atoms with Gasteiger partial charge in [0.1, 0.15) is 5.35 Å². The lowest BCUT2D eigenvalue weighted by atomic mass is 10.1. The van der Waals surface area contributed by atoms with Gasteiger partial charge in [-0.05, 0) is 25.0 Å². The molecular formula is C12H11N3. The second-order valence-corrected chi connectivity index (χ2v) is 3.71. The predicted octanol–water partition coefficient (Wildman–Crippen LogP) is 0.271. The molecule has 1 heterocycles. The number of para-hydroxylation sites is 2. The van der Waals surface area contributed by atoms with Crippen molar-refractivity contribution in [2.24, 2.45) is 5.73 Å². The minimum Gasteiger partial charge on any atom is -0.400 e. The normalized spacial score (nSPS) is 14.8. The maximum atomic E-state index is 5.93. The number of aromatic nitrogens is 2. The number of benzene rings is 1. The van der Waals surface area contributed by atoms with E-state index in [1.807, 2.05) is 24.3 Å². The van der Waals surface area contributed by atoms with Gasteiger partial charge in [-0.15, -0.1) is 0 Å². The Bertz CT molecular complexity index is 643.